The van der Waals surface area contributed by atoms with E-state index in [-0.39, 0.29) is 17.2 Å². The molecule has 106 valence electrons. The summed E-state index contributed by atoms with van der Waals surface area (Å²) in [4.78, 5) is 25.6. The summed E-state index contributed by atoms with van der Waals surface area (Å²) >= 11 is 0. The summed E-state index contributed by atoms with van der Waals surface area (Å²) in [6, 6.07) is 3.88. The summed E-state index contributed by atoms with van der Waals surface area (Å²) in [5.41, 5.74) is 0.646. The maximum atomic E-state index is 11.9. The fourth-order valence-electron chi connectivity index (χ4n) is 1.49. The minimum absolute atomic E-state index is 0.0140. The first-order chi connectivity index (χ1) is 9.43. The lowest BCUT2D eigenvalue weighted by Gasteiger charge is -2.12. The van der Waals surface area contributed by atoms with Gasteiger partial charge in [0.15, 0.2) is 0 Å². The number of carboxylic acids is 1. The summed E-state index contributed by atoms with van der Waals surface area (Å²) in [6.07, 6.45) is 1.45. The molecule has 2 N–H and O–H groups in total. The molecule has 0 spiro atoms. The van der Waals surface area contributed by atoms with Gasteiger partial charge in [0, 0.05) is 29.5 Å². The smallest absolute Gasteiger partial charge is 0.327 e. The number of rotatable bonds is 6. The lowest BCUT2D eigenvalue weighted by atomic mass is 10.2. The van der Waals surface area contributed by atoms with Gasteiger partial charge in [-0.3, -0.25) is 9.00 Å². The van der Waals surface area contributed by atoms with Gasteiger partial charge < -0.3 is 10.4 Å². The third-order valence-electron chi connectivity index (χ3n) is 2.34. The van der Waals surface area contributed by atoms with Gasteiger partial charge in [0.05, 0.1) is 11.5 Å². The van der Waals surface area contributed by atoms with Crippen molar-refractivity contribution in [2.24, 2.45) is 0 Å². The number of aliphatic carboxylic acids is 1. The number of nitriles is 1. The second-order valence-corrected chi connectivity index (χ2v) is 5.47. The molecule has 8 heteroatoms. The zero-order valence-electron chi connectivity index (χ0n) is 10.7. The third-order valence-corrected chi connectivity index (χ3v) is 3.68. The maximum Gasteiger partial charge on any atom is 0.327 e. The van der Waals surface area contributed by atoms with E-state index in [0.717, 1.165) is 0 Å². The van der Waals surface area contributed by atoms with Crippen LogP contribution in [0.2, 0.25) is 0 Å². The summed E-state index contributed by atoms with van der Waals surface area (Å²) in [7, 11) is -1.54. The molecule has 0 saturated heterocycles. The zero-order valence-corrected chi connectivity index (χ0v) is 11.5. The second-order valence-electron chi connectivity index (χ2n) is 3.97. The number of nitrogens with one attached hydrogen (secondary N) is 1. The molecule has 7 nitrogen and oxygen atoms in total. The highest BCUT2D eigenvalue weighted by Gasteiger charge is 2.21. The molecule has 0 radical (unpaired) electrons. The van der Waals surface area contributed by atoms with Crippen molar-refractivity contribution >= 4 is 22.7 Å². The molecule has 0 fully saturated rings. The van der Waals surface area contributed by atoms with Crippen molar-refractivity contribution in [3.05, 3.63) is 29.6 Å². The zero-order chi connectivity index (χ0) is 15.1. The van der Waals surface area contributed by atoms with Gasteiger partial charge in [-0.2, -0.15) is 5.26 Å². The summed E-state index contributed by atoms with van der Waals surface area (Å²) < 4.78 is 11.9. The monoisotopic (exact) mass is 295 g/mol. The van der Waals surface area contributed by atoms with Crippen molar-refractivity contribution in [1.82, 2.24) is 10.3 Å². The number of carbonyl (C=O) groups is 2. The molecule has 20 heavy (non-hydrogen) atoms. The number of hydrogen-bond acceptors (Lipinski definition) is 5. The summed E-state index contributed by atoms with van der Waals surface area (Å²) in [6.45, 7) is 1.19. The predicted molar refractivity (Wildman–Crippen MR) is 70.9 cm³/mol. The molecule has 0 aliphatic heterocycles. The van der Waals surface area contributed by atoms with Crippen molar-refractivity contribution in [2.75, 3.05) is 5.75 Å². The summed E-state index contributed by atoms with van der Waals surface area (Å²) in [5.74, 6) is -1.97. The Morgan fingerprint density at radius 3 is 2.85 bits per heavy atom. The lowest BCUT2D eigenvalue weighted by molar-refractivity contribution is -0.140. The van der Waals surface area contributed by atoms with Gasteiger partial charge in [-0.25, -0.2) is 9.78 Å². The van der Waals surface area contributed by atoms with Gasteiger partial charge in [-0.1, -0.05) is 6.07 Å². The topological polar surface area (TPSA) is 120 Å². The van der Waals surface area contributed by atoms with Crippen LogP contribution in [0.4, 0.5) is 0 Å². The molecule has 1 heterocycles. The number of nitrogens with zero attached hydrogens (tertiary/aromatic N) is 2. The van der Waals surface area contributed by atoms with Crippen LogP contribution in [-0.2, 0) is 26.1 Å². The molecule has 1 aromatic rings. The largest absolute Gasteiger partial charge is 0.480 e. The molecule has 0 aliphatic carbocycles. The van der Waals surface area contributed by atoms with Crippen molar-refractivity contribution in [2.45, 2.75) is 18.7 Å². The Morgan fingerprint density at radius 1 is 1.60 bits per heavy atom. The van der Waals surface area contributed by atoms with Crippen LogP contribution in [0.15, 0.2) is 18.3 Å². The van der Waals surface area contributed by atoms with Crippen molar-refractivity contribution in [1.29, 1.82) is 5.26 Å². The van der Waals surface area contributed by atoms with E-state index in [0.29, 0.717) is 5.56 Å². The van der Waals surface area contributed by atoms with Crippen LogP contribution >= 0.6 is 0 Å². The average Bonchev–Trinajstić information content (AvgIpc) is 2.37. The average molecular weight is 295 g/mol. The van der Waals surface area contributed by atoms with E-state index in [4.69, 9.17) is 10.4 Å². The van der Waals surface area contributed by atoms with E-state index in [1.54, 1.807) is 12.1 Å². The number of carboxylic acid groups (broad SMARTS) is 1. The number of amides is 1. The van der Waals surface area contributed by atoms with Crippen LogP contribution in [0.25, 0.3) is 0 Å². The Morgan fingerprint density at radius 2 is 2.30 bits per heavy atom. The standard InChI is InChI=1S/C12H13N3O4S/c1-8(16)15-11(12(17)18)7-20(19)6-9-3-2-4-14-10(9)5-13/h2-4,11H,6-7H2,1H3,(H,15,16)(H,17,18)/t11-,20?/m0/s1. The Balaban J connectivity index is 2.73. The first kappa shape index (κ1) is 15.8. The van der Waals surface area contributed by atoms with Gasteiger partial charge in [-0.15, -0.1) is 0 Å². The van der Waals surface area contributed by atoms with E-state index in [1.807, 2.05) is 6.07 Å². The van der Waals surface area contributed by atoms with E-state index in [2.05, 4.69) is 10.3 Å². The van der Waals surface area contributed by atoms with E-state index in [1.165, 1.54) is 13.1 Å². The number of pyridine rings is 1. The Kier molecular flexibility index (Phi) is 5.80. The molecule has 0 bridgehead atoms. The van der Waals surface area contributed by atoms with Crippen LogP contribution in [0.1, 0.15) is 18.2 Å². The van der Waals surface area contributed by atoms with Crippen molar-refractivity contribution in [3.8, 4) is 6.07 Å². The van der Waals surface area contributed by atoms with Crippen LogP contribution in [-0.4, -0.2) is 38.0 Å². The molecule has 0 aromatic carbocycles. The molecule has 1 rings (SSSR count). The second kappa shape index (κ2) is 7.35. The highest BCUT2D eigenvalue weighted by molar-refractivity contribution is 7.84. The number of carbonyl (C=O) groups excluding carboxylic acids is 1. The van der Waals surface area contributed by atoms with E-state index < -0.39 is 28.7 Å². The number of aromatic nitrogens is 1. The highest BCUT2D eigenvalue weighted by atomic mass is 32.2. The van der Waals surface area contributed by atoms with Gasteiger partial charge in [0.25, 0.3) is 0 Å². The van der Waals surface area contributed by atoms with E-state index in [9.17, 15) is 13.8 Å². The highest BCUT2D eigenvalue weighted by Crippen LogP contribution is 2.08. The maximum absolute atomic E-state index is 11.9. The fourth-order valence-corrected chi connectivity index (χ4v) is 2.79. The Hall–Kier alpha value is -2.27. The fraction of sp³-hybridized carbons (Fsp3) is 0.333. The minimum atomic E-state index is -1.54. The van der Waals surface area contributed by atoms with Crippen LogP contribution < -0.4 is 5.32 Å². The van der Waals surface area contributed by atoms with Gasteiger partial charge >= 0.3 is 5.97 Å². The van der Waals surface area contributed by atoms with Crippen LogP contribution in [0.3, 0.4) is 0 Å². The van der Waals surface area contributed by atoms with Crippen molar-refractivity contribution in [3.63, 3.8) is 0 Å². The molecular weight excluding hydrogens is 282 g/mol. The van der Waals surface area contributed by atoms with Crippen LogP contribution in [0, 0.1) is 11.3 Å². The summed E-state index contributed by atoms with van der Waals surface area (Å²) in [5, 5.41) is 20.0. The molecule has 1 unspecified atom stereocenters. The lowest BCUT2D eigenvalue weighted by Crippen LogP contribution is -2.43. The minimum Gasteiger partial charge on any atom is -0.480 e. The first-order valence-corrected chi connectivity index (χ1v) is 7.11. The molecule has 1 amide bonds. The van der Waals surface area contributed by atoms with E-state index >= 15 is 0 Å². The molecule has 1 aromatic heterocycles. The number of hydrogen-bond donors (Lipinski definition) is 2. The molecular formula is C12H13N3O4S. The molecule has 2 atom stereocenters. The van der Waals surface area contributed by atoms with Gasteiger partial charge in [0.1, 0.15) is 17.8 Å². The molecule has 0 saturated carbocycles. The van der Waals surface area contributed by atoms with Crippen molar-refractivity contribution < 1.29 is 18.9 Å². The normalized spacial score (nSPS) is 13.0. The van der Waals surface area contributed by atoms with Crippen LogP contribution in [0.5, 0.6) is 0 Å². The SMILES string of the molecule is CC(=O)N[C@@H](CS(=O)Cc1cccnc1C#N)C(=O)O. The molecule has 0 aliphatic rings. The quantitative estimate of drug-likeness (QED) is 0.749. The first-order valence-electron chi connectivity index (χ1n) is 5.63. The Labute approximate surface area is 118 Å². The van der Waals surface area contributed by atoms with Gasteiger partial charge in [0.2, 0.25) is 5.91 Å². The van der Waals surface area contributed by atoms with Gasteiger partial charge in [-0.05, 0) is 6.07 Å². The Bertz CT molecular complexity index is 582. The predicted octanol–water partition coefficient (Wildman–Crippen LogP) is -0.209. The third kappa shape index (κ3) is 4.78.